The minimum absolute atomic E-state index is 0.173. The quantitative estimate of drug-likeness (QED) is 0.270. The smallest absolute Gasteiger partial charge is 0.407 e. The molecule has 0 aromatic carbocycles. The lowest BCUT2D eigenvalue weighted by Gasteiger charge is -2.58. The molecule has 0 radical (unpaired) electrons. The van der Waals surface area contributed by atoms with Crippen molar-refractivity contribution in [2.24, 2.45) is 46.3 Å². The van der Waals surface area contributed by atoms with Crippen LogP contribution in [-0.4, -0.2) is 39.7 Å². The highest BCUT2D eigenvalue weighted by atomic mass is 16.7. The molecular formula is C34H52N2O6. The number of carbonyl (C=O) groups excluding carboxylic acids is 2. The molecule has 234 valence electrons. The Kier molecular flexibility index (Phi) is 8.92. The second-order valence-corrected chi connectivity index (χ2v) is 14.7. The lowest BCUT2D eigenvalue weighted by molar-refractivity contribution is -0.144. The van der Waals surface area contributed by atoms with Crippen LogP contribution < -0.4 is 10.2 Å². The molecule has 1 aromatic heterocycles. The van der Waals surface area contributed by atoms with E-state index < -0.39 is 30.4 Å². The van der Waals surface area contributed by atoms with Crippen LogP contribution in [0, 0.1) is 46.3 Å². The first-order chi connectivity index (χ1) is 19.9. The first kappa shape index (κ1) is 30.8. The van der Waals surface area contributed by atoms with E-state index in [1.165, 1.54) is 62.7 Å². The van der Waals surface area contributed by atoms with Crippen molar-refractivity contribution in [2.45, 2.75) is 111 Å². The summed E-state index contributed by atoms with van der Waals surface area (Å²) >= 11 is 0. The molecule has 8 atom stereocenters. The van der Waals surface area contributed by atoms with Crippen LogP contribution in [0.15, 0.2) is 23.8 Å². The maximum Gasteiger partial charge on any atom is 0.407 e. The molecule has 4 aliphatic carbocycles. The SMILES string of the molecule is CC(C)CCC[C@@H](C)[C@H]1CCC2C3CC=C4CC(OC(=O)NCC(=O)On5c(O)ccc5O)CC[C@]4(C)C3CC[C@@]21C. The van der Waals surface area contributed by atoms with Gasteiger partial charge in [0.25, 0.3) is 0 Å². The fraction of sp³-hybridized carbons (Fsp3) is 0.765. The Morgan fingerprint density at radius 1 is 1.02 bits per heavy atom. The average Bonchev–Trinajstić information content (AvgIpc) is 3.45. The van der Waals surface area contributed by atoms with Crippen LogP contribution >= 0.6 is 0 Å². The Bertz CT molecular complexity index is 1160. The van der Waals surface area contributed by atoms with Gasteiger partial charge in [0.1, 0.15) is 12.6 Å². The molecule has 0 aliphatic heterocycles. The van der Waals surface area contributed by atoms with Gasteiger partial charge < -0.3 is 25.1 Å². The van der Waals surface area contributed by atoms with Crippen molar-refractivity contribution in [1.29, 1.82) is 0 Å². The number of alkyl carbamates (subject to hydrolysis) is 1. The fourth-order valence-corrected chi connectivity index (χ4v) is 9.72. The minimum atomic E-state index is -0.839. The molecule has 3 N–H and O–H groups in total. The maximum atomic E-state index is 12.5. The van der Waals surface area contributed by atoms with Gasteiger partial charge >= 0.3 is 12.1 Å². The number of fused-ring (bicyclic) bond motifs is 5. The largest absolute Gasteiger partial charge is 0.492 e. The third-order valence-corrected chi connectivity index (χ3v) is 11.9. The number of nitrogens with one attached hydrogen (secondary N) is 1. The molecule has 8 heteroatoms. The monoisotopic (exact) mass is 584 g/mol. The Hall–Kier alpha value is -2.64. The van der Waals surface area contributed by atoms with Crippen molar-refractivity contribution in [1.82, 2.24) is 10.0 Å². The number of aromatic hydroxyl groups is 2. The van der Waals surface area contributed by atoms with Crippen molar-refractivity contribution in [3.05, 3.63) is 23.8 Å². The molecule has 1 aromatic rings. The van der Waals surface area contributed by atoms with Gasteiger partial charge in [-0.2, -0.15) is 0 Å². The van der Waals surface area contributed by atoms with Crippen LogP contribution in [0.3, 0.4) is 0 Å². The Balaban J connectivity index is 1.15. The highest BCUT2D eigenvalue weighted by Crippen LogP contribution is 2.67. The topological polar surface area (TPSA) is 110 Å². The van der Waals surface area contributed by atoms with E-state index in [9.17, 15) is 19.8 Å². The Morgan fingerprint density at radius 3 is 2.48 bits per heavy atom. The van der Waals surface area contributed by atoms with Crippen molar-refractivity contribution < 1.29 is 29.4 Å². The van der Waals surface area contributed by atoms with Gasteiger partial charge in [0.2, 0.25) is 11.8 Å². The zero-order valence-electron chi connectivity index (χ0n) is 26.2. The van der Waals surface area contributed by atoms with Gasteiger partial charge in [-0.25, -0.2) is 9.59 Å². The van der Waals surface area contributed by atoms with Crippen molar-refractivity contribution in [2.75, 3.05) is 6.54 Å². The highest BCUT2D eigenvalue weighted by Gasteiger charge is 2.59. The lowest BCUT2D eigenvalue weighted by atomic mass is 9.47. The van der Waals surface area contributed by atoms with Gasteiger partial charge in [-0.3, -0.25) is 0 Å². The van der Waals surface area contributed by atoms with Crippen LogP contribution in [0.25, 0.3) is 0 Å². The molecule has 0 saturated heterocycles. The zero-order valence-corrected chi connectivity index (χ0v) is 26.2. The minimum Gasteiger partial charge on any atom is -0.492 e. The summed E-state index contributed by atoms with van der Waals surface area (Å²) in [5.74, 6) is 3.07. The predicted molar refractivity (Wildman–Crippen MR) is 161 cm³/mol. The van der Waals surface area contributed by atoms with Gasteiger partial charge in [0, 0.05) is 18.6 Å². The Morgan fingerprint density at radius 2 is 1.76 bits per heavy atom. The maximum absolute atomic E-state index is 12.5. The molecule has 4 unspecified atom stereocenters. The van der Waals surface area contributed by atoms with E-state index >= 15 is 0 Å². The van der Waals surface area contributed by atoms with Gasteiger partial charge in [0.05, 0.1) is 0 Å². The summed E-state index contributed by atoms with van der Waals surface area (Å²) in [6.45, 7) is 11.9. The molecule has 3 fully saturated rings. The molecule has 4 aliphatic rings. The first-order valence-corrected chi connectivity index (χ1v) is 16.4. The van der Waals surface area contributed by atoms with Crippen LogP contribution in [0.2, 0.25) is 0 Å². The number of allylic oxidation sites excluding steroid dienone is 1. The van der Waals surface area contributed by atoms with Crippen LogP contribution in [0.4, 0.5) is 4.79 Å². The first-order valence-electron chi connectivity index (χ1n) is 16.4. The van der Waals surface area contributed by atoms with E-state index in [1.54, 1.807) is 0 Å². The summed E-state index contributed by atoms with van der Waals surface area (Å²) in [5, 5.41) is 21.6. The van der Waals surface area contributed by atoms with E-state index in [1.807, 2.05) is 0 Å². The molecule has 8 nitrogen and oxygen atoms in total. The molecule has 0 bridgehead atoms. The number of nitrogens with zero attached hydrogens (tertiary/aromatic N) is 1. The normalized spacial score (nSPS) is 34.5. The average molecular weight is 585 g/mol. The third-order valence-electron chi connectivity index (χ3n) is 11.9. The number of aromatic nitrogens is 1. The summed E-state index contributed by atoms with van der Waals surface area (Å²) < 4.78 is 6.31. The third kappa shape index (κ3) is 5.92. The summed E-state index contributed by atoms with van der Waals surface area (Å²) in [6, 6.07) is 2.38. The molecule has 3 saturated carbocycles. The molecule has 0 spiro atoms. The Labute approximate surface area is 251 Å². The molecular weight excluding hydrogens is 532 g/mol. The second-order valence-electron chi connectivity index (χ2n) is 14.7. The molecule has 5 rings (SSSR count). The van der Waals surface area contributed by atoms with Crippen LogP contribution in [-0.2, 0) is 9.53 Å². The van der Waals surface area contributed by atoms with E-state index in [0.717, 1.165) is 55.3 Å². The fourth-order valence-electron chi connectivity index (χ4n) is 9.72. The van der Waals surface area contributed by atoms with Gasteiger partial charge in [-0.05, 0) is 91.3 Å². The van der Waals surface area contributed by atoms with Gasteiger partial charge in [0.15, 0.2) is 0 Å². The number of hydrogen-bond donors (Lipinski definition) is 3. The van der Waals surface area contributed by atoms with E-state index in [0.29, 0.717) is 16.1 Å². The van der Waals surface area contributed by atoms with Crippen molar-refractivity contribution >= 4 is 12.1 Å². The van der Waals surface area contributed by atoms with Crippen molar-refractivity contribution in [3.63, 3.8) is 0 Å². The lowest BCUT2D eigenvalue weighted by Crippen LogP contribution is -2.51. The number of ether oxygens (including phenoxy) is 1. The van der Waals surface area contributed by atoms with Gasteiger partial charge in [-0.1, -0.05) is 65.5 Å². The summed E-state index contributed by atoms with van der Waals surface area (Å²) in [5.41, 5.74) is 2.09. The van der Waals surface area contributed by atoms with E-state index in [4.69, 9.17) is 9.57 Å². The number of rotatable bonds is 9. The summed E-state index contributed by atoms with van der Waals surface area (Å²) in [6.07, 6.45) is 14.9. The van der Waals surface area contributed by atoms with Crippen LogP contribution in [0.1, 0.15) is 105 Å². The van der Waals surface area contributed by atoms with Gasteiger partial charge in [-0.15, -0.1) is 4.73 Å². The standard InChI is InChI=1S/C34H52N2O6/c1-21(2)7-6-8-22(3)26-11-12-27-25-10-9-23-19-24(15-17-33(23,4)28(25)16-18-34(26,27)5)41-32(40)35-20-31(39)42-36-29(37)13-14-30(36)38/h9,13-14,21-22,24-28,37-38H,6-8,10-12,15-20H2,1-5H3,(H,35,40)/t22-,24?,25?,26-,27?,28?,33+,34-/m1/s1. The highest BCUT2D eigenvalue weighted by molar-refractivity contribution is 5.78. The van der Waals surface area contributed by atoms with Crippen molar-refractivity contribution in [3.8, 4) is 11.8 Å². The number of amides is 1. The molecule has 1 heterocycles. The number of hydrogen-bond acceptors (Lipinski definition) is 6. The zero-order chi connectivity index (χ0) is 30.2. The summed E-state index contributed by atoms with van der Waals surface area (Å²) in [7, 11) is 0. The molecule has 1 amide bonds. The number of carbonyl (C=O) groups is 2. The summed E-state index contributed by atoms with van der Waals surface area (Å²) in [4.78, 5) is 29.4. The predicted octanol–water partition coefficient (Wildman–Crippen LogP) is 6.99. The second kappa shape index (κ2) is 12.2. The molecule has 42 heavy (non-hydrogen) atoms. The van der Waals surface area contributed by atoms with E-state index in [2.05, 4.69) is 46.0 Å². The van der Waals surface area contributed by atoms with Crippen LogP contribution in [0.5, 0.6) is 11.8 Å². The van der Waals surface area contributed by atoms with E-state index in [-0.39, 0.29) is 11.5 Å².